The first-order valence-electron chi connectivity index (χ1n) is 10.5. The minimum Gasteiger partial charge on any atom is -0.409 e. The predicted octanol–water partition coefficient (Wildman–Crippen LogP) is 4.31. The number of hydrogen-bond donors (Lipinski definition) is 0. The van der Waals surface area contributed by atoms with Gasteiger partial charge in [0, 0.05) is 61.8 Å². The number of amides is 1. The average molecular weight is 382 g/mol. The second-order valence-corrected chi connectivity index (χ2v) is 8.36. The van der Waals surface area contributed by atoms with Gasteiger partial charge < -0.3 is 19.4 Å². The Balaban J connectivity index is 1.73. The third kappa shape index (κ3) is 3.32. The summed E-state index contributed by atoms with van der Waals surface area (Å²) >= 11 is 0. The second kappa shape index (κ2) is 7.63. The van der Waals surface area contributed by atoms with E-state index in [0.717, 1.165) is 31.4 Å². The molecule has 2 aromatic carbocycles. The molecule has 2 aliphatic rings. The smallest absolute Gasteiger partial charge is 0.409 e. The molecule has 2 aromatic rings. The first-order chi connectivity index (χ1) is 13.5. The van der Waals surface area contributed by atoms with Crippen molar-refractivity contribution < 1.29 is 9.53 Å². The predicted molar refractivity (Wildman–Crippen MR) is 115 cm³/mol. The van der Waals surface area contributed by atoms with Crippen molar-refractivity contribution >= 4 is 22.6 Å². The average Bonchev–Trinajstić information content (AvgIpc) is 3.07. The maximum atomic E-state index is 12.8. The van der Waals surface area contributed by atoms with Crippen LogP contribution in [0, 0.1) is 0 Å². The highest BCUT2D eigenvalue weighted by atomic mass is 16.6. The zero-order valence-corrected chi connectivity index (χ0v) is 17.4. The highest BCUT2D eigenvalue weighted by molar-refractivity contribution is 5.98. The van der Waals surface area contributed by atoms with Gasteiger partial charge in [0.1, 0.15) is 5.75 Å². The molecule has 150 valence electrons. The van der Waals surface area contributed by atoms with Crippen molar-refractivity contribution in [1.29, 1.82) is 0 Å². The molecule has 1 fully saturated rings. The maximum absolute atomic E-state index is 12.8. The van der Waals surface area contributed by atoms with E-state index in [0.29, 0.717) is 30.8 Å². The summed E-state index contributed by atoms with van der Waals surface area (Å²) in [6.45, 7) is 11.0. The zero-order valence-electron chi connectivity index (χ0n) is 17.4. The minimum absolute atomic E-state index is 0.237. The van der Waals surface area contributed by atoms with Crippen LogP contribution < -0.4 is 9.64 Å². The standard InChI is InChI=1S/C23H31N3O2/c1-5-17-15-26(16(2)3)20-14-21(18-8-6-7-9-19(18)22(17)20)28-23(27)25-12-10-24(4)11-13-25/h6-9,14,16-17H,5,10-13,15H2,1-4H3. The van der Waals surface area contributed by atoms with Gasteiger partial charge in [0.15, 0.2) is 0 Å². The number of nitrogens with zero attached hydrogens (tertiary/aromatic N) is 3. The lowest BCUT2D eigenvalue weighted by Crippen LogP contribution is -2.48. The van der Waals surface area contributed by atoms with E-state index in [2.05, 4.69) is 61.9 Å². The van der Waals surface area contributed by atoms with E-state index in [1.54, 1.807) is 0 Å². The lowest BCUT2D eigenvalue weighted by molar-refractivity contribution is 0.121. The fraction of sp³-hybridized carbons (Fsp3) is 0.522. The largest absolute Gasteiger partial charge is 0.415 e. The van der Waals surface area contributed by atoms with Crippen molar-refractivity contribution in [1.82, 2.24) is 9.80 Å². The van der Waals surface area contributed by atoms with Gasteiger partial charge in [0.05, 0.1) is 0 Å². The normalized spacial score (nSPS) is 20.1. The second-order valence-electron chi connectivity index (χ2n) is 8.36. The Morgan fingerprint density at radius 2 is 1.82 bits per heavy atom. The van der Waals surface area contributed by atoms with E-state index in [-0.39, 0.29) is 6.09 Å². The van der Waals surface area contributed by atoms with E-state index in [4.69, 9.17) is 4.74 Å². The van der Waals surface area contributed by atoms with Crippen molar-refractivity contribution in [2.45, 2.75) is 39.2 Å². The Morgan fingerprint density at radius 3 is 2.46 bits per heavy atom. The number of carbonyl (C=O) groups is 1. The molecule has 1 amide bonds. The van der Waals surface area contributed by atoms with Crippen molar-refractivity contribution in [3.8, 4) is 5.75 Å². The van der Waals surface area contributed by atoms with Crippen LogP contribution in [0.15, 0.2) is 30.3 Å². The summed E-state index contributed by atoms with van der Waals surface area (Å²) in [5, 5.41) is 2.25. The van der Waals surface area contributed by atoms with Crippen LogP contribution in [0.2, 0.25) is 0 Å². The first kappa shape index (κ1) is 19.1. The van der Waals surface area contributed by atoms with E-state index < -0.39 is 0 Å². The molecule has 0 spiro atoms. The molecular formula is C23H31N3O2. The molecule has 2 heterocycles. The summed E-state index contributed by atoms with van der Waals surface area (Å²) in [7, 11) is 2.08. The van der Waals surface area contributed by atoms with Crippen molar-refractivity contribution in [2.24, 2.45) is 0 Å². The topological polar surface area (TPSA) is 36.0 Å². The zero-order chi connectivity index (χ0) is 19.8. The third-order valence-corrected chi connectivity index (χ3v) is 6.24. The lowest BCUT2D eigenvalue weighted by atomic mass is 9.93. The van der Waals surface area contributed by atoms with Gasteiger partial charge in [-0.2, -0.15) is 0 Å². The van der Waals surface area contributed by atoms with E-state index in [9.17, 15) is 4.79 Å². The number of fused-ring (bicyclic) bond motifs is 3. The summed E-state index contributed by atoms with van der Waals surface area (Å²) in [6, 6.07) is 10.9. The van der Waals surface area contributed by atoms with Crippen molar-refractivity contribution in [2.75, 3.05) is 44.7 Å². The Labute approximate surface area is 167 Å². The summed E-state index contributed by atoms with van der Waals surface area (Å²) in [6.07, 6.45) is 0.875. The van der Waals surface area contributed by atoms with Gasteiger partial charge in [0.2, 0.25) is 0 Å². The van der Waals surface area contributed by atoms with Crippen molar-refractivity contribution in [3.63, 3.8) is 0 Å². The molecule has 1 atom stereocenters. The summed E-state index contributed by atoms with van der Waals surface area (Å²) < 4.78 is 5.97. The molecule has 0 aliphatic carbocycles. The summed E-state index contributed by atoms with van der Waals surface area (Å²) in [4.78, 5) is 19.3. The molecule has 4 rings (SSSR count). The van der Waals surface area contributed by atoms with Crippen molar-refractivity contribution in [3.05, 3.63) is 35.9 Å². The SMILES string of the molecule is CCC1CN(C(C)C)c2cc(OC(=O)N3CCN(C)CC3)c3ccccc3c21. The molecule has 0 N–H and O–H groups in total. The van der Waals surface area contributed by atoms with Gasteiger partial charge in [-0.3, -0.25) is 0 Å². The summed E-state index contributed by atoms with van der Waals surface area (Å²) in [5.74, 6) is 1.20. The van der Waals surface area contributed by atoms with E-state index in [1.807, 2.05) is 11.0 Å². The van der Waals surface area contributed by atoms with Crippen LogP contribution in [0.1, 0.15) is 38.7 Å². The molecule has 1 saturated heterocycles. The quantitative estimate of drug-likeness (QED) is 0.794. The molecule has 2 aliphatic heterocycles. The number of carbonyl (C=O) groups excluding carboxylic acids is 1. The number of likely N-dealkylation sites (N-methyl/N-ethyl adjacent to an activating group) is 1. The van der Waals surface area contributed by atoms with Crippen LogP contribution in [0.25, 0.3) is 10.8 Å². The molecular weight excluding hydrogens is 350 g/mol. The molecule has 5 heteroatoms. The number of rotatable bonds is 3. The van der Waals surface area contributed by atoms with E-state index >= 15 is 0 Å². The van der Waals surface area contributed by atoms with Gasteiger partial charge in [-0.05, 0) is 38.3 Å². The molecule has 0 bridgehead atoms. The maximum Gasteiger partial charge on any atom is 0.415 e. The summed E-state index contributed by atoms with van der Waals surface area (Å²) in [5.41, 5.74) is 2.63. The number of piperazine rings is 1. The highest BCUT2D eigenvalue weighted by Crippen LogP contribution is 2.46. The molecule has 0 aromatic heterocycles. The highest BCUT2D eigenvalue weighted by Gasteiger charge is 2.32. The third-order valence-electron chi connectivity index (χ3n) is 6.24. The Bertz CT molecular complexity index is 872. The molecule has 28 heavy (non-hydrogen) atoms. The van der Waals surface area contributed by atoms with Crippen LogP contribution in [0.4, 0.5) is 10.5 Å². The van der Waals surface area contributed by atoms with Crippen LogP contribution in [0.3, 0.4) is 0 Å². The number of anilines is 1. The number of benzene rings is 2. The van der Waals surface area contributed by atoms with Gasteiger partial charge in [-0.25, -0.2) is 4.79 Å². The van der Waals surface area contributed by atoms with Crippen LogP contribution in [-0.2, 0) is 0 Å². The Morgan fingerprint density at radius 1 is 1.14 bits per heavy atom. The first-order valence-corrected chi connectivity index (χ1v) is 10.5. The monoisotopic (exact) mass is 381 g/mol. The van der Waals surface area contributed by atoms with Crippen LogP contribution in [-0.4, -0.2) is 61.7 Å². The molecule has 5 nitrogen and oxygen atoms in total. The van der Waals surface area contributed by atoms with Gasteiger partial charge >= 0.3 is 6.09 Å². The fourth-order valence-electron chi connectivity index (χ4n) is 4.50. The van der Waals surface area contributed by atoms with Gasteiger partial charge in [-0.1, -0.05) is 31.2 Å². The minimum atomic E-state index is -0.237. The number of ether oxygens (including phenoxy) is 1. The molecule has 0 saturated carbocycles. The van der Waals surface area contributed by atoms with Gasteiger partial charge in [0.25, 0.3) is 0 Å². The number of hydrogen-bond acceptors (Lipinski definition) is 4. The molecule has 1 unspecified atom stereocenters. The van der Waals surface area contributed by atoms with E-state index in [1.165, 1.54) is 16.6 Å². The van der Waals surface area contributed by atoms with Crippen LogP contribution >= 0.6 is 0 Å². The molecule has 0 radical (unpaired) electrons. The Hall–Kier alpha value is -2.27. The Kier molecular flexibility index (Phi) is 5.19. The lowest BCUT2D eigenvalue weighted by Gasteiger charge is -2.31. The fourth-order valence-corrected chi connectivity index (χ4v) is 4.50. The van der Waals surface area contributed by atoms with Gasteiger partial charge in [-0.15, -0.1) is 0 Å². The van der Waals surface area contributed by atoms with Crippen LogP contribution in [0.5, 0.6) is 5.75 Å².